The van der Waals surface area contributed by atoms with Crippen molar-refractivity contribution in [3.05, 3.63) is 33.8 Å². The molecule has 0 N–H and O–H groups in total. The minimum Gasteiger partial charge on any atom is -0.293 e. The number of hydrogen-bond donors (Lipinski definition) is 0. The normalized spacial score (nSPS) is 13.4. The summed E-state index contributed by atoms with van der Waals surface area (Å²) in [5, 5.41) is -0.482. The van der Waals surface area contributed by atoms with Gasteiger partial charge in [0.15, 0.2) is 15.6 Å². The van der Waals surface area contributed by atoms with Crippen LogP contribution in [-0.4, -0.2) is 25.7 Å². The highest BCUT2D eigenvalue weighted by Gasteiger charge is 2.29. The molecule has 0 spiro atoms. The van der Waals surface area contributed by atoms with Gasteiger partial charge in [-0.1, -0.05) is 30.1 Å². The first-order valence-corrected chi connectivity index (χ1v) is 7.66. The molecule has 0 aromatic heterocycles. The zero-order chi connectivity index (χ0) is 13.2. The summed E-state index contributed by atoms with van der Waals surface area (Å²) in [5.74, 6) is -0.489. The second-order valence-corrected chi connectivity index (χ2v) is 6.79. The lowest BCUT2D eigenvalue weighted by Crippen LogP contribution is -2.29. The maximum Gasteiger partial charge on any atom is 0.182 e. The molecule has 1 unspecified atom stereocenters. The number of hydrogen-bond acceptors (Lipinski definition) is 3. The molecule has 0 fully saturated rings. The second-order valence-electron chi connectivity index (χ2n) is 3.71. The minimum absolute atomic E-state index is 0.171. The van der Waals surface area contributed by atoms with Crippen molar-refractivity contribution >= 4 is 38.8 Å². The van der Waals surface area contributed by atoms with E-state index in [4.69, 9.17) is 23.2 Å². The summed E-state index contributed by atoms with van der Waals surface area (Å²) in [6.45, 7) is 1.65. The summed E-state index contributed by atoms with van der Waals surface area (Å²) in [6, 6.07) is 4.38. The topological polar surface area (TPSA) is 51.2 Å². The van der Waals surface area contributed by atoms with Crippen LogP contribution in [0.1, 0.15) is 23.7 Å². The van der Waals surface area contributed by atoms with Gasteiger partial charge in [-0.15, -0.1) is 0 Å². The van der Waals surface area contributed by atoms with E-state index in [1.54, 1.807) is 6.92 Å². The molecule has 1 rings (SSSR count). The Balaban J connectivity index is 3.20. The van der Waals surface area contributed by atoms with Crippen LogP contribution in [0.3, 0.4) is 0 Å². The minimum atomic E-state index is -3.43. The highest BCUT2D eigenvalue weighted by atomic mass is 35.5. The fourth-order valence-electron chi connectivity index (χ4n) is 1.55. The predicted octanol–water partition coefficient (Wildman–Crippen LogP) is 3.00. The van der Waals surface area contributed by atoms with Crippen LogP contribution in [0.25, 0.3) is 0 Å². The van der Waals surface area contributed by atoms with Crippen molar-refractivity contribution in [1.29, 1.82) is 0 Å². The van der Waals surface area contributed by atoms with E-state index in [2.05, 4.69) is 0 Å². The van der Waals surface area contributed by atoms with Crippen molar-refractivity contribution in [1.82, 2.24) is 0 Å². The summed E-state index contributed by atoms with van der Waals surface area (Å²) in [7, 11) is -3.43. The van der Waals surface area contributed by atoms with E-state index >= 15 is 0 Å². The summed E-state index contributed by atoms with van der Waals surface area (Å²) in [4.78, 5) is 12.0. The Kier molecular flexibility index (Phi) is 4.58. The van der Waals surface area contributed by atoms with Crippen molar-refractivity contribution < 1.29 is 13.2 Å². The third-order valence-electron chi connectivity index (χ3n) is 2.38. The number of halogens is 2. The molecule has 6 heteroatoms. The molecular formula is C11H12Cl2O3S. The molecule has 0 bridgehead atoms. The Morgan fingerprint density at radius 3 is 2.35 bits per heavy atom. The lowest BCUT2D eigenvalue weighted by atomic mass is 10.1. The molecule has 0 radical (unpaired) electrons. The zero-order valence-electron chi connectivity index (χ0n) is 9.41. The van der Waals surface area contributed by atoms with E-state index in [0.29, 0.717) is 5.02 Å². The predicted molar refractivity (Wildman–Crippen MR) is 69.7 cm³/mol. The van der Waals surface area contributed by atoms with Gasteiger partial charge >= 0.3 is 0 Å². The number of benzene rings is 1. The Labute approximate surface area is 111 Å². The van der Waals surface area contributed by atoms with Crippen LogP contribution in [0.4, 0.5) is 0 Å². The van der Waals surface area contributed by atoms with Crippen molar-refractivity contribution in [2.75, 3.05) is 6.26 Å². The molecule has 0 aliphatic carbocycles. The molecule has 0 aliphatic rings. The van der Waals surface area contributed by atoms with E-state index in [0.717, 1.165) is 6.26 Å². The summed E-state index contributed by atoms with van der Waals surface area (Å²) >= 11 is 11.6. The van der Waals surface area contributed by atoms with Crippen LogP contribution in [0.5, 0.6) is 0 Å². The SMILES string of the molecule is CCC(C(=O)c1ccc(Cl)cc1Cl)S(C)(=O)=O. The fourth-order valence-corrected chi connectivity index (χ4v) is 3.17. The molecule has 0 saturated carbocycles. The average molecular weight is 295 g/mol. The highest BCUT2D eigenvalue weighted by Crippen LogP contribution is 2.24. The second kappa shape index (κ2) is 5.38. The third-order valence-corrected chi connectivity index (χ3v) is 4.51. The molecule has 1 atom stereocenters. The Morgan fingerprint density at radius 1 is 1.35 bits per heavy atom. The van der Waals surface area contributed by atoms with E-state index in [-0.39, 0.29) is 17.0 Å². The monoisotopic (exact) mass is 294 g/mol. The molecule has 0 saturated heterocycles. The third kappa shape index (κ3) is 3.44. The Morgan fingerprint density at radius 2 is 1.94 bits per heavy atom. The van der Waals surface area contributed by atoms with Crippen molar-refractivity contribution in [2.24, 2.45) is 0 Å². The van der Waals surface area contributed by atoms with Gasteiger partial charge in [0, 0.05) is 16.8 Å². The van der Waals surface area contributed by atoms with Crippen LogP contribution >= 0.6 is 23.2 Å². The van der Waals surface area contributed by atoms with Gasteiger partial charge in [0.25, 0.3) is 0 Å². The largest absolute Gasteiger partial charge is 0.293 e. The number of sulfone groups is 1. The van der Waals surface area contributed by atoms with Gasteiger partial charge in [-0.05, 0) is 24.6 Å². The average Bonchev–Trinajstić information content (AvgIpc) is 2.15. The molecule has 94 valence electrons. The summed E-state index contributed by atoms with van der Waals surface area (Å²) in [5.41, 5.74) is 0.188. The van der Waals surface area contributed by atoms with Gasteiger partial charge in [-0.25, -0.2) is 8.42 Å². The lowest BCUT2D eigenvalue weighted by molar-refractivity contribution is 0.0985. The number of carbonyl (C=O) groups excluding carboxylic acids is 1. The highest BCUT2D eigenvalue weighted by molar-refractivity contribution is 7.92. The van der Waals surface area contributed by atoms with Crippen LogP contribution in [0.2, 0.25) is 10.0 Å². The molecule has 0 amide bonds. The maximum absolute atomic E-state index is 12.0. The molecule has 0 aliphatic heterocycles. The fraction of sp³-hybridized carbons (Fsp3) is 0.364. The van der Waals surface area contributed by atoms with Crippen LogP contribution in [0, 0.1) is 0 Å². The van der Waals surface area contributed by atoms with Crippen molar-refractivity contribution in [3.8, 4) is 0 Å². The molecule has 1 aromatic rings. The van der Waals surface area contributed by atoms with Gasteiger partial charge in [0.1, 0.15) is 5.25 Å². The molecular weight excluding hydrogens is 283 g/mol. The van der Waals surface area contributed by atoms with Crippen LogP contribution < -0.4 is 0 Å². The number of carbonyl (C=O) groups is 1. The first kappa shape index (κ1) is 14.5. The smallest absolute Gasteiger partial charge is 0.182 e. The molecule has 0 heterocycles. The summed E-state index contributed by atoms with van der Waals surface area (Å²) in [6.07, 6.45) is 1.26. The molecule has 17 heavy (non-hydrogen) atoms. The van der Waals surface area contributed by atoms with Crippen molar-refractivity contribution in [3.63, 3.8) is 0 Å². The van der Waals surface area contributed by atoms with Gasteiger partial charge in [-0.2, -0.15) is 0 Å². The standard InChI is InChI=1S/C11H12Cl2O3S/c1-3-10(17(2,15)16)11(14)8-5-4-7(12)6-9(8)13/h4-6,10H,3H2,1-2H3. The Bertz CT molecular complexity index is 538. The van der Waals surface area contributed by atoms with Crippen LogP contribution in [0.15, 0.2) is 18.2 Å². The van der Waals surface area contributed by atoms with Gasteiger partial charge in [0.05, 0.1) is 5.02 Å². The van der Waals surface area contributed by atoms with Crippen LogP contribution in [-0.2, 0) is 9.84 Å². The Hall–Kier alpha value is -0.580. The van der Waals surface area contributed by atoms with Gasteiger partial charge in [0.2, 0.25) is 0 Å². The zero-order valence-corrected chi connectivity index (χ0v) is 11.7. The quantitative estimate of drug-likeness (QED) is 0.802. The van der Waals surface area contributed by atoms with Gasteiger partial charge in [-0.3, -0.25) is 4.79 Å². The summed E-state index contributed by atoms with van der Waals surface area (Å²) < 4.78 is 22.9. The van der Waals surface area contributed by atoms with E-state index in [1.165, 1.54) is 18.2 Å². The molecule has 1 aromatic carbocycles. The molecule has 3 nitrogen and oxygen atoms in total. The maximum atomic E-state index is 12.0. The van der Waals surface area contributed by atoms with E-state index < -0.39 is 20.9 Å². The van der Waals surface area contributed by atoms with E-state index in [9.17, 15) is 13.2 Å². The van der Waals surface area contributed by atoms with E-state index in [1.807, 2.05) is 0 Å². The number of rotatable bonds is 4. The van der Waals surface area contributed by atoms with Crippen molar-refractivity contribution in [2.45, 2.75) is 18.6 Å². The number of Topliss-reactive ketones (excluding diaryl/α,β-unsaturated/α-hetero) is 1. The van der Waals surface area contributed by atoms with Gasteiger partial charge < -0.3 is 0 Å². The first-order chi connectivity index (χ1) is 7.77. The lowest BCUT2D eigenvalue weighted by Gasteiger charge is -2.12. The number of ketones is 1. The first-order valence-electron chi connectivity index (χ1n) is 4.95.